The number of hydrogen-bond acceptors (Lipinski definition) is 3. The number of aromatic nitrogens is 3. The third kappa shape index (κ3) is 1.72. The van der Waals surface area contributed by atoms with E-state index in [2.05, 4.69) is 32.8 Å². The van der Waals surface area contributed by atoms with Gasteiger partial charge >= 0.3 is 0 Å². The van der Waals surface area contributed by atoms with Crippen LogP contribution in [0.4, 0.5) is 0 Å². The van der Waals surface area contributed by atoms with E-state index >= 15 is 0 Å². The van der Waals surface area contributed by atoms with Gasteiger partial charge in [0.25, 0.3) is 5.88 Å². The van der Waals surface area contributed by atoms with Gasteiger partial charge in [-0.05, 0) is 22.4 Å². The molecule has 0 N–H and O–H groups in total. The van der Waals surface area contributed by atoms with Crippen LogP contribution in [0.25, 0.3) is 5.65 Å². The Morgan fingerprint density at radius 2 is 2.43 bits per heavy atom. The predicted molar refractivity (Wildman–Crippen MR) is 56.5 cm³/mol. The molecule has 5 heteroatoms. The SMILES string of the molecule is CCCOc1nc(Br)cn2ccnc12. The Morgan fingerprint density at radius 3 is 3.21 bits per heavy atom. The van der Waals surface area contributed by atoms with Crippen LogP contribution >= 0.6 is 15.9 Å². The Morgan fingerprint density at radius 1 is 1.57 bits per heavy atom. The second-order valence-corrected chi connectivity index (χ2v) is 3.69. The minimum atomic E-state index is 0.575. The Labute approximate surface area is 90.1 Å². The minimum absolute atomic E-state index is 0.575. The third-order valence-corrected chi connectivity index (χ3v) is 2.14. The Hall–Kier alpha value is -1.10. The minimum Gasteiger partial charge on any atom is -0.475 e. The molecule has 2 aromatic rings. The van der Waals surface area contributed by atoms with Gasteiger partial charge in [-0.2, -0.15) is 0 Å². The van der Waals surface area contributed by atoms with Crippen molar-refractivity contribution in [2.24, 2.45) is 0 Å². The molecule has 0 bridgehead atoms. The molecule has 14 heavy (non-hydrogen) atoms. The summed E-state index contributed by atoms with van der Waals surface area (Å²) in [6, 6.07) is 0. The topological polar surface area (TPSA) is 39.4 Å². The van der Waals surface area contributed by atoms with Crippen LogP contribution in [0.5, 0.6) is 5.88 Å². The molecule has 4 nitrogen and oxygen atoms in total. The number of nitrogens with zero attached hydrogens (tertiary/aromatic N) is 3. The van der Waals surface area contributed by atoms with E-state index < -0.39 is 0 Å². The van der Waals surface area contributed by atoms with Crippen LogP contribution in [0, 0.1) is 0 Å². The summed E-state index contributed by atoms with van der Waals surface area (Å²) in [6.45, 7) is 2.71. The summed E-state index contributed by atoms with van der Waals surface area (Å²) in [4.78, 5) is 8.39. The fourth-order valence-electron chi connectivity index (χ4n) is 1.17. The van der Waals surface area contributed by atoms with Crippen molar-refractivity contribution in [3.05, 3.63) is 23.2 Å². The lowest BCUT2D eigenvalue weighted by Gasteiger charge is -2.05. The van der Waals surface area contributed by atoms with Crippen LogP contribution in [0.3, 0.4) is 0 Å². The zero-order valence-electron chi connectivity index (χ0n) is 7.77. The van der Waals surface area contributed by atoms with Gasteiger partial charge in [0.2, 0.25) is 5.65 Å². The van der Waals surface area contributed by atoms with Gasteiger partial charge in [-0.25, -0.2) is 9.97 Å². The summed E-state index contributed by atoms with van der Waals surface area (Å²) >= 11 is 3.32. The summed E-state index contributed by atoms with van der Waals surface area (Å²) < 4.78 is 8.10. The van der Waals surface area contributed by atoms with E-state index in [1.54, 1.807) is 6.20 Å². The molecule has 2 heterocycles. The smallest absolute Gasteiger partial charge is 0.259 e. The van der Waals surface area contributed by atoms with Crippen molar-refractivity contribution in [2.45, 2.75) is 13.3 Å². The molecule has 0 atom stereocenters. The van der Waals surface area contributed by atoms with E-state index in [-0.39, 0.29) is 0 Å². The summed E-state index contributed by atoms with van der Waals surface area (Å²) in [5.74, 6) is 0.575. The highest BCUT2D eigenvalue weighted by molar-refractivity contribution is 9.10. The van der Waals surface area contributed by atoms with Crippen molar-refractivity contribution in [3.8, 4) is 5.88 Å². The van der Waals surface area contributed by atoms with Crippen molar-refractivity contribution < 1.29 is 4.74 Å². The maximum absolute atomic E-state index is 5.48. The van der Waals surface area contributed by atoms with Crippen molar-refractivity contribution in [1.29, 1.82) is 0 Å². The molecule has 0 saturated carbocycles. The summed E-state index contributed by atoms with van der Waals surface area (Å²) in [6.07, 6.45) is 6.39. The van der Waals surface area contributed by atoms with E-state index in [1.165, 1.54) is 0 Å². The Kier molecular flexibility index (Phi) is 2.67. The highest BCUT2D eigenvalue weighted by atomic mass is 79.9. The molecule has 0 spiro atoms. The zero-order valence-corrected chi connectivity index (χ0v) is 9.36. The number of fused-ring (bicyclic) bond motifs is 1. The van der Waals surface area contributed by atoms with Crippen LogP contribution in [-0.4, -0.2) is 21.0 Å². The number of ether oxygens (including phenoxy) is 1. The number of halogens is 1. The van der Waals surface area contributed by atoms with Crippen LogP contribution in [0.1, 0.15) is 13.3 Å². The second-order valence-electron chi connectivity index (χ2n) is 2.88. The molecular weight excluding hydrogens is 246 g/mol. The maximum Gasteiger partial charge on any atom is 0.259 e. The van der Waals surface area contributed by atoms with Crippen LogP contribution < -0.4 is 4.74 Å². The normalized spacial score (nSPS) is 10.7. The van der Waals surface area contributed by atoms with Crippen LogP contribution in [0.2, 0.25) is 0 Å². The van der Waals surface area contributed by atoms with E-state index in [4.69, 9.17) is 4.74 Å². The molecule has 0 aliphatic rings. The average Bonchev–Trinajstić information content (AvgIpc) is 2.61. The van der Waals surface area contributed by atoms with Crippen molar-refractivity contribution in [2.75, 3.05) is 6.61 Å². The van der Waals surface area contributed by atoms with E-state index in [0.717, 1.165) is 16.7 Å². The molecule has 74 valence electrons. The largest absolute Gasteiger partial charge is 0.475 e. The molecule has 0 fully saturated rings. The molecule has 2 aromatic heterocycles. The van der Waals surface area contributed by atoms with E-state index in [9.17, 15) is 0 Å². The van der Waals surface area contributed by atoms with Gasteiger partial charge in [-0.15, -0.1) is 0 Å². The molecule has 0 aromatic carbocycles. The van der Waals surface area contributed by atoms with E-state index in [0.29, 0.717) is 12.5 Å². The predicted octanol–water partition coefficient (Wildman–Crippen LogP) is 2.28. The number of imidazole rings is 1. The molecule has 2 rings (SSSR count). The molecule has 0 saturated heterocycles. The average molecular weight is 256 g/mol. The van der Waals surface area contributed by atoms with Crippen molar-refractivity contribution >= 4 is 21.6 Å². The fraction of sp³-hybridized carbons (Fsp3) is 0.333. The summed E-state index contributed by atoms with van der Waals surface area (Å²) in [7, 11) is 0. The molecule has 0 unspecified atom stereocenters. The van der Waals surface area contributed by atoms with Gasteiger partial charge in [0.1, 0.15) is 4.60 Å². The number of rotatable bonds is 3. The van der Waals surface area contributed by atoms with Gasteiger partial charge in [0.05, 0.1) is 6.61 Å². The maximum atomic E-state index is 5.48. The molecule has 0 amide bonds. The zero-order chi connectivity index (χ0) is 9.97. The fourth-order valence-corrected chi connectivity index (χ4v) is 1.55. The molecule has 0 aliphatic carbocycles. The number of hydrogen-bond donors (Lipinski definition) is 0. The third-order valence-electron chi connectivity index (χ3n) is 1.76. The molecular formula is C9H10BrN3O. The highest BCUT2D eigenvalue weighted by Gasteiger charge is 2.06. The van der Waals surface area contributed by atoms with Crippen LogP contribution in [-0.2, 0) is 0 Å². The van der Waals surface area contributed by atoms with Gasteiger partial charge in [0.15, 0.2) is 0 Å². The molecule has 0 aliphatic heterocycles. The van der Waals surface area contributed by atoms with Crippen molar-refractivity contribution in [3.63, 3.8) is 0 Å². The van der Waals surface area contributed by atoms with Crippen LogP contribution in [0.15, 0.2) is 23.2 Å². The van der Waals surface area contributed by atoms with Crippen molar-refractivity contribution in [1.82, 2.24) is 14.4 Å². The highest BCUT2D eigenvalue weighted by Crippen LogP contribution is 2.18. The van der Waals surface area contributed by atoms with Gasteiger partial charge in [0, 0.05) is 18.6 Å². The lowest BCUT2D eigenvalue weighted by molar-refractivity contribution is 0.306. The Balaban J connectivity index is 2.44. The second kappa shape index (κ2) is 3.96. The van der Waals surface area contributed by atoms with Gasteiger partial charge < -0.3 is 4.74 Å². The summed E-state index contributed by atoms with van der Waals surface area (Å²) in [5.41, 5.74) is 0.752. The lowest BCUT2D eigenvalue weighted by Crippen LogP contribution is -2.00. The first kappa shape index (κ1) is 9.45. The first-order chi connectivity index (χ1) is 6.81. The summed E-state index contributed by atoms with van der Waals surface area (Å²) in [5, 5.41) is 0. The lowest BCUT2D eigenvalue weighted by atomic mass is 10.5. The standard InChI is InChI=1S/C9H10BrN3O/c1-2-5-14-9-8-11-3-4-13(8)6-7(10)12-9/h3-4,6H,2,5H2,1H3. The van der Waals surface area contributed by atoms with Gasteiger partial charge in [-0.3, -0.25) is 4.40 Å². The first-order valence-electron chi connectivity index (χ1n) is 4.43. The Bertz CT molecular complexity index is 441. The quantitative estimate of drug-likeness (QED) is 0.845. The molecule has 0 radical (unpaired) electrons. The first-order valence-corrected chi connectivity index (χ1v) is 5.22. The van der Waals surface area contributed by atoms with E-state index in [1.807, 2.05) is 16.8 Å². The monoisotopic (exact) mass is 255 g/mol. The van der Waals surface area contributed by atoms with Gasteiger partial charge in [-0.1, -0.05) is 6.92 Å².